The highest BCUT2D eigenvalue weighted by atomic mass is 32.2. The summed E-state index contributed by atoms with van der Waals surface area (Å²) < 4.78 is 10.8. The molecule has 278 valence electrons. The molecule has 0 aliphatic carbocycles. The molecule has 0 radical (unpaired) electrons. The van der Waals surface area contributed by atoms with E-state index in [2.05, 4.69) is 5.32 Å². The second-order valence-corrected chi connectivity index (χ2v) is 15.0. The lowest BCUT2D eigenvalue weighted by molar-refractivity contribution is -0.385. The summed E-state index contributed by atoms with van der Waals surface area (Å²) in [5.74, 6) is -1.78. The molecule has 0 saturated carbocycles. The number of thioether (sulfide) groups is 2. The van der Waals surface area contributed by atoms with Gasteiger partial charge in [-0.05, 0) is 48.7 Å². The Morgan fingerprint density at radius 2 is 1.58 bits per heavy atom. The van der Waals surface area contributed by atoms with Gasteiger partial charge in [0.1, 0.15) is 18.9 Å². The summed E-state index contributed by atoms with van der Waals surface area (Å²) in [6.07, 6.45) is -1.73. The minimum Gasteiger partial charge on any atom is -0.477 e. The first-order valence-corrected chi connectivity index (χ1v) is 18.3. The molecule has 2 fully saturated rings. The molecule has 6 atom stereocenters. The SMILES string of the molecule is C[C@@H](O)[C@H]1C(=O)N2C(C(=O)O)=C(S[C@H]3C[C@@H](CSCCNC(=O)OCc4ccc([N+](=O)[O-])cc4)N(C(=O)OCc4ccc([N+](=O)[O-])cc4)C3)[C@H](C)[C@H]12. The third kappa shape index (κ3) is 8.59. The third-order valence-corrected chi connectivity index (χ3v) is 11.7. The zero-order chi connectivity index (χ0) is 37.7. The Hall–Kier alpha value is -4.88. The average Bonchev–Trinajstić information content (AvgIpc) is 3.62. The Balaban J connectivity index is 1.18. The van der Waals surface area contributed by atoms with Crippen LogP contribution in [-0.2, 0) is 32.3 Å². The lowest BCUT2D eigenvalue weighted by Crippen LogP contribution is -2.63. The number of carboxylic acids is 1. The van der Waals surface area contributed by atoms with E-state index in [9.17, 15) is 49.6 Å². The van der Waals surface area contributed by atoms with Gasteiger partial charge in [-0.15, -0.1) is 11.8 Å². The van der Waals surface area contributed by atoms with Gasteiger partial charge in [0.05, 0.1) is 27.9 Å². The normalized spacial score (nSPS) is 22.8. The van der Waals surface area contributed by atoms with Crippen LogP contribution in [0.3, 0.4) is 0 Å². The number of nitrogens with one attached hydrogen (secondary N) is 1. The van der Waals surface area contributed by atoms with Crippen molar-refractivity contribution in [3.05, 3.63) is 90.5 Å². The Kier molecular flexibility index (Phi) is 12.3. The number of carbonyl (C=O) groups excluding carboxylic acids is 3. The summed E-state index contributed by atoms with van der Waals surface area (Å²) in [5, 5.41) is 44.5. The predicted molar refractivity (Wildman–Crippen MR) is 188 cm³/mol. The topological polar surface area (TPSA) is 232 Å². The van der Waals surface area contributed by atoms with E-state index in [0.29, 0.717) is 34.0 Å². The fourth-order valence-electron chi connectivity index (χ4n) is 6.50. The smallest absolute Gasteiger partial charge is 0.410 e. The molecule has 19 heteroatoms. The molecule has 5 rings (SSSR count). The first kappa shape index (κ1) is 38.4. The average molecular weight is 760 g/mol. The van der Waals surface area contributed by atoms with E-state index in [1.165, 1.54) is 83.9 Å². The zero-order valence-corrected chi connectivity index (χ0v) is 29.7. The van der Waals surface area contributed by atoms with Crippen molar-refractivity contribution in [2.45, 2.75) is 56.9 Å². The van der Waals surface area contributed by atoms with Crippen molar-refractivity contribution >= 4 is 59.0 Å². The maximum absolute atomic E-state index is 13.4. The van der Waals surface area contributed by atoms with Gasteiger partial charge in [0.25, 0.3) is 11.4 Å². The van der Waals surface area contributed by atoms with E-state index < -0.39 is 52.0 Å². The molecular formula is C33H37N5O12S2. The number of nitro groups is 2. The van der Waals surface area contributed by atoms with Crippen molar-refractivity contribution < 1.29 is 48.7 Å². The molecule has 3 heterocycles. The minimum absolute atomic E-state index is 0.0694. The predicted octanol–water partition coefficient (Wildman–Crippen LogP) is 4.13. The van der Waals surface area contributed by atoms with Crippen molar-refractivity contribution in [2.24, 2.45) is 11.8 Å². The number of aliphatic carboxylic acids is 1. The number of amides is 3. The number of alkyl carbamates (subject to hydrolysis) is 1. The standard InChI is InChI=1S/C33H37N5O12S2/c1-18-27-26(19(2)39)30(40)36(27)28(31(41)42)29(18)52-25-13-24(35(14-25)33(44)50-16-21-5-9-23(10-6-21)38(47)48)17-51-12-11-34-32(43)49-15-20-3-7-22(8-4-20)37(45)46/h3-10,18-19,24-27,39H,11-17H2,1-2H3,(H,34,43)(H,41,42)/t18-,19-,24+,25+,26-,27-/m1/s1. The van der Waals surface area contributed by atoms with E-state index in [1.54, 1.807) is 4.90 Å². The molecule has 3 amide bonds. The first-order valence-electron chi connectivity index (χ1n) is 16.3. The Labute approximate surface area is 306 Å². The van der Waals surface area contributed by atoms with Crippen molar-refractivity contribution in [2.75, 3.05) is 24.6 Å². The Morgan fingerprint density at radius 1 is 1.00 bits per heavy atom. The number of benzene rings is 2. The minimum atomic E-state index is -1.24. The van der Waals surface area contributed by atoms with Gasteiger partial charge in [-0.3, -0.25) is 25.0 Å². The summed E-state index contributed by atoms with van der Waals surface area (Å²) >= 11 is 2.79. The highest BCUT2D eigenvalue weighted by molar-refractivity contribution is 8.03. The van der Waals surface area contributed by atoms with Gasteiger partial charge in [0.2, 0.25) is 5.91 Å². The maximum atomic E-state index is 13.4. The van der Waals surface area contributed by atoms with Crippen LogP contribution in [-0.4, -0.2) is 102 Å². The van der Waals surface area contributed by atoms with Crippen molar-refractivity contribution in [3.8, 4) is 0 Å². The number of carboxylic acid groups (broad SMARTS) is 1. The number of hydrogen-bond donors (Lipinski definition) is 3. The van der Waals surface area contributed by atoms with E-state index in [4.69, 9.17) is 9.47 Å². The molecule has 52 heavy (non-hydrogen) atoms. The van der Waals surface area contributed by atoms with Gasteiger partial charge in [-0.2, -0.15) is 11.8 Å². The van der Waals surface area contributed by atoms with Gasteiger partial charge in [-0.25, -0.2) is 14.4 Å². The number of carbonyl (C=O) groups is 4. The number of aliphatic hydroxyl groups excluding tert-OH is 1. The molecular weight excluding hydrogens is 723 g/mol. The molecule has 0 bridgehead atoms. The molecule has 17 nitrogen and oxygen atoms in total. The van der Waals surface area contributed by atoms with E-state index in [-0.39, 0.29) is 60.6 Å². The Bertz CT molecular complexity index is 1740. The molecule has 3 aliphatic rings. The summed E-state index contributed by atoms with van der Waals surface area (Å²) in [6.45, 7) is 3.63. The second-order valence-electron chi connectivity index (χ2n) is 12.5. The highest BCUT2D eigenvalue weighted by Gasteiger charge is 2.60. The van der Waals surface area contributed by atoms with E-state index in [1.807, 2.05) is 6.92 Å². The molecule has 0 unspecified atom stereocenters. The first-order chi connectivity index (χ1) is 24.8. The number of rotatable bonds is 15. The fraction of sp³-hybridized carbons (Fsp3) is 0.455. The van der Waals surface area contributed by atoms with Gasteiger partial charge in [0, 0.05) is 71.0 Å². The zero-order valence-electron chi connectivity index (χ0n) is 28.1. The summed E-state index contributed by atoms with van der Waals surface area (Å²) in [4.78, 5) is 74.8. The highest BCUT2D eigenvalue weighted by Crippen LogP contribution is 2.52. The van der Waals surface area contributed by atoms with Gasteiger partial charge < -0.3 is 34.8 Å². The molecule has 2 aromatic rings. The van der Waals surface area contributed by atoms with Crippen LogP contribution in [0, 0.1) is 32.1 Å². The number of non-ortho nitro benzene ring substituents is 2. The number of likely N-dealkylation sites (tertiary alicyclic amines) is 1. The fourth-order valence-corrected chi connectivity index (χ4v) is 9.06. The number of hydrogen-bond acceptors (Lipinski definition) is 13. The summed E-state index contributed by atoms with van der Waals surface area (Å²) in [5.41, 5.74) is 0.875. The van der Waals surface area contributed by atoms with Crippen molar-refractivity contribution in [1.82, 2.24) is 15.1 Å². The number of nitrogens with zero attached hydrogens (tertiary/aromatic N) is 4. The van der Waals surface area contributed by atoms with Crippen LogP contribution in [0.15, 0.2) is 59.1 Å². The molecule has 0 aromatic heterocycles. The number of β-lactam (4-membered cyclic amide) rings is 1. The van der Waals surface area contributed by atoms with Crippen molar-refractivity contribution in [3.63, 3.8) is 0 Å². The van der Waals surface area contributed by atoms with Crippen LogP contribution in [0.1, 0.15) is 31.4 Å². The van der Waals surface area contributed by atoms with Crippen LogP contribution in [0.5, 0.6) is 0 Å². The second kappa shape index (κ2) is 16.6. The van der Waals surface area contributed by atoms with Crippen LogP contribution in [0.2, 0.25) is 0 Å². The largest absolute Gasteiger partial charge is 0.477 e. The van der Waals surface area contributed by atoms with Crippen LogP contribution in [0.4, 0.5) is 21.0 Å². The molecule has 3 aliphatic heterocycles. The van der Waals surface area contributed by atoms with Gasteiger partial charge in [0.15, 0.2) is 0 Å². The van der Waals surface area contributed by atoms with Gasteiger partial charge in [-0.1, -0.05) is 6.92 Å². The molecule has 0 spiro atoms. The number of ether oxygens (including phenoxy) is 2. The number of fused-ring (bicyclic) bond motifs is 1. The maximum Gasteiger partial charge on any atom is 0.410 e. The van der Waals surface area contributed by atoms with E-state index >= 15 is 0 Å². The van der Waals surface area contributed by atoms with Crippen molar-refractivity contribution in [1.29, 1.82) is 0 Å². The summed E-state index contributed by atoms with van der Waals surface area (Å²) in [7, 11) is 0. The quantitative estimate of drug-likeness (QED) is 0.100. The number of nitro benzene ring substituents is 2. The lowest BCUT2D eigenvalue weighted by Gasteiger charge is -2.46. The van der Waals surface area contributed by atoms with Crippen LogP contribution in [0.25, 0.3) is 0 Å². The monoisotopic (exact) mass is 759 g/mol. The van der Waals surface area contributed by atoms with E-state index in [0.717, 1.165) is 0 Å². The third-order valence-electron chi connectivity index (χ3n) is 9.07. The Morgan fingerprint density at radius 3 is 2.12 bits per heavy atom. The van der Waals surface area contributed by atoms with Gasteiger partial charge >= 0.3 is 18.2 Å². The van der Waals surface area contributed by atoms with Crippen LogP contribution < -0.4 is 5.32 Å². The molecule has 3 N–H and O–H groups in total. The molecule has 2 aromatic carbocycles. The molecule has 2 saturated heterocycles. The van der Waals surface area contributed by atoms with Crippen LogP contribution >= 0.6 is 23.5 Å². The number of aliphatic hydroxyl groups is 1. The summed E-state index contributed by atoms with van der Waals surface area (Å²) in [6, 6.07) is 10.5. The lowest BCUT2D eigenvalue weighted by atomic mass is 9.79.